The van der Waals surface area contributed by atoms with Crippen molar-refractivity contribution in [3.05, 3.63) is 38.9 Å². The summed E-state index contributed by atoms with van der Waals surface area (Å²) in [5.74, 6) is -0.298. The first-order chi connectivity index (χ1) is 9.01. The Labute approximate surface area is 115 Å². The van der Waals surface area contributed by atoms with E-state index < -0.39 is 4.92 Å². The van der Waals surface area contributed by atoms with E-state index in [9.17, 15) is 14.9 Å². The minimum Gasteiger partial charge on any atom is -0.395 e. The van der Waals surface area contributed by atoms with E-state index in [1.54, 1.807) is 0 Å². The molecule has 6 nitrogen and oxygen atoms in total. The van der Waals surface area contributed by atoms with Crippen LogP contribution in [-0.2, 0) is 0 Å². The molecular weight excluding hydrogens is 272 g/mol. The molecule has 0 bridgehead atoms. The van der Waals surface area contributed by atoms with Crippen LogP contribution in [0.1, 0.15) is 23.7 Å². The number of rotatable bonds is 6. The molecule has 0 heterocycles. The third kappa shape index (κ3) is 3.90. The second-order valence-electron chi connectivity index (χ2n) is 3.94. The number of amides is 1. The highest BCUT2D eigenvalue weighted by Gasteiger charge is 2.18. The Morgan fingerprint density at radius 3 is 2.63 bits per heavy atom. The smallest absolute Gasteiger partial charge is 0.287 e. The zero-order chi connectivity index (χ0) is 14.4. The van der Waals surface area contributed by atoms with Crippen molar-refractivity contribution in [3.63, 3.8) is 0 Å². The van der Waals surface area contributed by atoms with Gasteiger partial charge in [-0.1, -0.05) is 18.5 Å². The molecule has 0 aromatic heterocycles. The van der Waals surface area contributed by atoms with Crippen LogP contribution >= 0.6 is 11.6 Å². The van der Waals surface area contributed by atoms with Gasteiger partial charge in [-0.15, -0.1) is 0 Å². The number of nitro benzene ring substituents is 1. The first kappa shape index (κ1) is 15.4. The fraction of sp³-hybridized carbons (Fsp3) is 0.417. The number of nitro groups is 1. The maximum absolute atomic E-state index is 12.1. The topological polar surface area (TPSA) is 83.7 Å². The van der Waals surface area contributed by atoms with Gasteiger partial charge < -0.3 is 10.0 Å². The van der Waals surface area contributed by atoms with Gasteiger partial charge in [0.2, 0.25) is 0 Å². The number of carbonyl (C=O) groups is 1. The zero-order valence-corrected chi connectivity index (χ0v) is 11.3. The Kier molecular flexibility index (Phi) is 5.72. The van der Waals surface area contributed by atoms with Crippen LogP contribution < -0.4 is 0 Å². The third-order valence-corrected chi connectivity index (χ3v) is 2.84. The Morgan fingerprint density at radius 1 is 1.47 bits per heavy atom. The molecule has 104 valence electrons. The predicted molar refractivity (Wildman–Crippen MR) is 71.4 cm³/mol. The average Bonchev–Trinajstić information content (AvgIpc) is 2.37. The van der Waals surface area contributed by atoms with Crippen molar-refractivity contribution < 1.29 is 14.8 Å². The second-order valence-corrected chi connectivity index (χ2v) is 4.35. The first-order valence-electron chi connectivity index (χ1n) is 5.85. The van der Waals surface area contributed by atoms with Gasteiger partial charge in [-0.2, -0.15) is 0 Å². The highest BCUT2D eigenvalue weighted by Crippen LogP contribution is 2.25. The van der Waals surface area contributed by atoms with Crippen LogP contribution in [0.3, 0.4) is 0 Å². The van der Waals surface area contributed by atoms with Crippen LogP contribution in [0.2, 0.25) is 5.02 Å². The van der Waals surface area contributed by atoms with Gasteiger partial charge in [0.1, 0.15) is 5.02 Å². The van der Waals surface area contributed by atoms with Crippen molar-refractivity contribution in [1.29, 1.82) is 0 Å². The van der Waals surface area contributed by atoms with Gasteiger partial charge in [0.15, 0.2) is 0 Å². The highest BCUT2D eigenvalue weighted by molar-refractivity contribution is 6.33. The van der Waals surface area contributed by atoms with Gasteiger partial charge >= 0.3 is 0 Å². The molecule has 1 amide bonds. The van der Waals surface area contributed by atoms with Gasteiger partial charge in [-0.25, -0.2) is 0 Å². The monoisotopic (exact) mass is 286 g/mol. The molecule has 0 aliphatic heterocycles. The SMILES string of the molecule is CCCN(CCO)C(=O)c1ccc([N+](=O)[O-])c(Cl)c1. The Morgan fingerprint density at radius 2 is 2.16 bits per heavy atom. The second kappa shape index (κ2) is 7.06. The summed E-state index contributed by atoms with van der Waals surface area (Å²) < 4.78 is 0. The van der Waals surface area contributed by atoms with Crippen LogP contribution in [0.5, 0.6) is 0 Å². The number of aliphatic hydroxyl groups excluding tert-OH is 1. The number of hydrogen-bond acceptors (Lipinski definition) is 4. The molecular formula is C12H15ClN2O4. The largest absolute Gasteiger partial charge is 0.395 e. The molecule has 0 aliphatic carbocycles. The Hall–Kier alpha value is -1.66. The van der Waals surface area contributed by atoms with E-state index in [-0.39, 0.29) is 35.3 Å². The first-order valence-corrected chi connectivity index (χ1v) is 6.23. The fourth-order valence-corrected chi connectivity index (χ4v) is 1.93. The van der Waals surface area contributed by atoms with Crippen molar-refractivity contribution in [1.82, 2.24) is 4.90 Å². The quantitative estimate of drug-likeness (QED) is 0.641. The third-order valence-electron chi connectivity index (χ3n) is 2.54. The van der Waals surface area contributed by atoms with Gasteiger partial charge in [0, 0.05) is 24.7 Å². The van der Waals surface area contributed by atoms with Crippen LogP contribution in [0.15, 0.2) is 18.2 Å². The molecule has 1 rings (SSSR count). The average molecular weight is 287 g/mol. The van der Waals surface area contributed by atoms with Gasteiger partial charge in [0.25, 0.3) is 11.6 Å². The molecule has 0 spiro atoms. The van der Waals surface area contributed by atoms with E-state index in [4.69, 9.17) is 16.7 Å². The summed E-state index contributed by atoms with van der Waals surface area (Å²) in [5.41, 5.74) is 0.0416. The van der Waals surface area contributed by atoms with Gasteiger partial charge in [-0.05, 0) is 18.6 Å². The number of nitrogens with zero attached hydrogens (tertiary/aromatic N) is 2. The molecule has 0 fully saturated rings. The minimum absolute atomic E-state index is 0.0729. The summed E-state index contributed by atoms with van der Waals surface area (Å²) in [5, 5.41) is 19.5. The molecule has 1 N–H and O–H groups in total. The fourth-order valence-electron chi connectivity index (χ4n) is 1.68. The van der Waals surface area contributed by atoms with Crippen molar-refractivity contribution in [2.45, 2.75) is 13.3 Å². The van der Waals surface area contributed by atoms with Crippen molar-refractivity contribution in [3.8, 4) is 0 Å². The summed E-state index contributed by atoms with van der Waals surface area (Å²) in [7, 11) is 0. The van der Waals surface area contributed by atoms with E-state index in [0.717, 1.165) is 6.42 Å². The predicted octanol–water partition coefficient (Wildman–Crippen LogP) is 2.09. The lowest BCUT2D eigenvalue weighted by Crippen LogP contribution is -2.34. The molecule has 0 aliphatic rings. The summed E-state index contributed by atoms with van der Waals surface area (Å²) >= 11 is 5.77. The van der Waals surface area contributed by atoms with Crippen LogP contribution in [-0.4, -0.2) is 40.5 Å². The number of halogens is 1. The van der Waals surface area contributed by atoms with Gasteiger partial charge in [0.05, 0.1) is 11.5 Å². The number of aliphatic hydroxyl groups is 1. The summed E-state index contributed by atoms with van der Waals surface area (Å²) in [6.45, 7) is 2.52. The van der Waals surface area contributed by atoms with Crippen LogP contribution in [0.25, 0.3) is 0 Å². The van der Waals surface area contributed by atoms with Crippen molar-refractivity contribution in [2.24, 2.45) is 0 Å². The highest BCUT2D eigenvalue weighted by atomic mass is 35.5. The van der Waals surface area contributed by atoms with E-state index in [1.807, 2.05) is 6.92 Å². The lowest BCUT2D eigenvalue weighted by molar-refractivity contribution is -0.384. The summed E-state index contributed by atoms with van der Waals surface area (Å²) in [6, 6.07) is 3.85. The number of hydrogen-bond donors (Lipinski definition) is 1. The lowest BCUT2D eigenvalue weighted by atomic mass is 10.1. The zero-order valence-electron chi connectivity index (χ0n) is 10.5. The molecule has 0 unspecified atom stereocenters. The number of carbonyl (C=O) groups excluding carboxylic acids is 1. The Balaban J connectivity index is 2.98. The summed E-state index contributed by atoms with van der Waals surface area (Å²) in [6.07, 6.45) is 0.756. The standard InChI is InChI=1S/C12H15ClN2O4/c1-2-5-14(6-7-16)12(17)9-3-4-11(15(18)19)10(13)8-9/h3-4,8,16H,2,5-7H2,1H3. The van der Waals surface area contributed by atoms with Crippen LogP contribution in [0, 0.1) is 10.1 Å². The molecule has 19 heavy (non-hydrogen) atoms. The molecule has 0 atom stereocenters. The van der Waals surface area contributed by atoms with E-state index >= 15 is 0 Å². The molecule has 1 aromatic rings. The molecule has 0 saturated heterocycles. The molecule has 0 saturated carbocycles. The maximum atomic E-state index is 12.1. The molecule has 7 heteroatoms. The van der Waals surface area contributed by atoms with E-state index in [2.05, 4.69) is 0 Å². The Bertz CT molecular complexity index is 473. The number of benzene rings is 1. The van der Waals surface area contributed by atoms with E-state index in [1.165, 1.54) is 23.1 Å². The molecule has 1 aromatic carbocycles. The summed E-state index contributed by atoms with van der Waals surface area (Å²) in [4.78, 5) is 23.7. The van der Waals surface area contributed by atoms with Gasteiger partial charge in [-0.3, -0.25) is 14.9 Å². The molecule has 0 radical (unpaired) electrons. The normalized spacial score (nSPS) is 10.3. The van der Waals surface area contributed by atoms with Crippen molar-refractivity contribution in [2.75, 3.05) is 19.7 Å². The van der Waals surface area contributed by atoms with E-state index in [0.29, 0.717) is 6.54 Å². The minimum atomic E-state index is -0.603. The lowest BCUT2D eigenvalue weighted by Gasteiger charge is -2.21. The van der Waals surface area contributed by atoms with Crippen molar-refractivity contribution >= 4 is 23.2 Å². The van der Waals surface area contributed by atoms with Crippen LogP contribution in [0.4, 0.5) is 5.69 Å². The maximum Gasteiger partial charge on any atom is 0.287 e.